The third kappa shape index (κ3) is 6.32. The predicted molar refractivity (Wildman–Crippen MR) is 110 cm³/mol. The number of nitriles is 1. The molecule has 1 aromatic heterocycles. The summed E-state index contributed by atoms with van der Waals surface area (Å²) in [5, 5.41) is 10.9. The molecule has 1 aromatic carbocycles. The zero-order valence-electron chi connectivity index (χ0n) is 17.4. The SMILES string of the molecule is Cc1cc(N(CC(C)(C)C)NC(=O)c2ccc(CN(C)C)cc2)nc(C#N)n1. The lowest BCUT2D eigenvalue weighted by Gasteiger charge is -2.31. The molecule has 7 heteroatoms. The van der Waals surface area contributed by atoms with Crippen molar-refractivity contribution in [3.05, 3.63) is 53.0 Å². The van der Waals surface area contributed by atoms with Crippen LogP contribution < -0.4 is 10.4 Å². The number of nitrogens with zero attached hydrogens (tertiary/aromatic N) is 5. The monoisotopic (exact) mass is 380 g/mol. The molecule has 0 radical (unpaired) electrons. The maximum absolute atomic E-state index is 12.8. The van der Waals surface area contributed by atoms with Gasteiger partial charge in [-0.1, -0.05) is 32.9 Å². The molecule has 0 spiro atoms. The van der Waals surface area contributed by atoms with Crippen LogP contribution in [0.3, 0.4) is 0 Å². The normalized spacial score (nSPS) is 11.2. The standard InChI is InChI=1S/C21H28N6O/c1-15-11-19(24-18(12-22)23-15)27(14-21(2,3)4)25-20(28)17-9-7-16(8-10-17)13-26(5)6/h7-11H,13-14H2,1-6H3,(H,25,28). The molecule has 0 bridgehead atoms. The Hall–Kier alpha value is -2.98. The van der Waals surface area contributed by atoms with E-state index in [1.165, 1.54) is 0 Å². The quantitative estimate of drug-likeness (QED) is 0.776. The second-order valence-corrected chi connectivity index (χ2v) is 8.33. The Morgan fingerprint density at radius 3 is 2.36 bits per heavy atom. The molecule has 0 saturated heterocycles. The van der Waals surface area contributed by atoms with E-state index in [0.29, 0.717) is 23.6 Å². The molecule has 1 heterocycles. The van der Waals surface area contributed by atoms with Crippen molar-refractivity contribution < 1.29 is 4.79 Å². The smallest absolute Gasteiger partial charge is 0.269 e. The Kier molecular flexibility index (Phi) is 6.71. The molecule has 7 nitrogen and oxygen atoms in total. The third-order valence-electron chi connectivity index (χ3n) is 3.80. The Labute approximate surface area is 167 Å². The van der Waals surface area contributed by atoms with Gasteiger partial charge in [-0.3, -0.25) is 15.2 Å². The van der Waals surface area contributed by atoms with Gasteiger partial charge >= 0.3 is 0 Å². The van der Waals surface area contributed by atoms with Gasteiger partial charge in [0.05, 0.1) is 0 Å². The molecule has 2 rings (SSSR count). The summed E-state index contributed by atoms with van der Waals surface area (Å²) in [6, 6.07) is 11.3. The van der Waals surface area contributed by atoms with Crippen LogP contribution in [0.15, 0.2) is 30.3 Å². The molecular formula is C21H28N6O. The number of hydrogen-bond acceptors (Lipinski definition) is 6. The first-order chi connectivity index (χ1) is 13.1. The molecule has 0 aliphatic rings. The largest absolute Gasteiger partial charge is 0.305 e. The summed E-state index contributed by atoms with van der Waals surface area (Å²) < 4.78 is 0. The first-order valence-electron chi connectivity index (χ1n) is 9.15. The van der Waals surface area contributed by atoms with Crippen LogP contribution in [-0.4, -0.2) is 41.4 Å². The number of rotatable bonds is 6. The first-order valence-corrected chi connectivity index (χ1v) is 9.15. The molecule has 0 saturated carbocycles. The van der Waals surface area contributed by atoms with Crippen LogP contribution >= 0.6 is 0 Å². The molecule has 0 unspecified atom stereocenters. The van der Waals surface area contributed by atoms with Gasteiger partial charge in [-0.15, -0.1) is 0 Å². The summed E-state index contributed by atoms with van der Waals surface area (Å²) in [4.78, 5) is 23.2. The van der Waals surface area contributed by atoms with Crippen LogP contribution in [0.5, 0.6) is 0 Å². The molecule has 0 aliphatic heterocycles. The zero-order chi connectivity index (χ0) is 20.9. The van der Waals surface area contributed by atoms with Gasteiger partial charge < -0.3 is 4.90 Å². The van der Waals surface area contributed by atoms with Crippen molar-refractivity contribution in [1.82, 2.24) is 20.3 Å². The molecule has 1 amide bonds. The van der Waals surface area contributed by atoms with Crippen LogP contribution in [0.2, 0.25) is 0 Å². The van der Waals surface area contributed by atoms with E-state index >= 15 is 0 Å². The van der Waals surface area contributed by atoms with Crippen molar-refractivity contribution in [2.45, 2.75) is 34.2 Å². The maximum atomic E-state index is 12.8. The fraction of sp³-hybridized carbons (Fsp3) is 0.429. The number of amides is 1. The number of nitrogens with one attached hydrogen (secondary N) is 1. The number of benzene rings is 1. The highest BCUT2D eigenvalue weighted by Gasteiger charge is 2.21. The average Bonchev–Trinajstić information content (AvgIpc) is 2.59. The number of carbonyl (C=O) groups is 1. The topological polar surface area (TPSA) is 85.2 Å². The molecule has 0 atom stereocenters. The highest BCUT2D eigenvalue weighted by atomic mass is 16.2. The second-order valence-electron chi connectivity index (χ2n) is 8.33. The molecule has 28 heavy (non-hydrogen) atoms. The van der Waals surface area contributed by atoms with Crippen molar-refractivity contribution >= 4 is 11.7 Å². The molecule has 1 N–H and O–H groups in total. The van der Waals surface area contributed by atoms with E-state index in [9.17, 15) is 4.79 Å². The lowest BCUT2D eigenvalue weighted by atomic mass is 9.96. The molecule has 0 fully saturated rings. The Bertz CT molecular complexity index is 862. The minimum atomic E-state index is -0.226. The van der Waals surface area contributed by atoms with Crippen molar-refractivity contribution in [2.24, 2.45) is 5.41 Å². The van der Waals surface area contributed by atoms with E-state index in [2.05, 4.69) is 41.1 Å². The van der Waals surface area contributed by atoms with E-state index in [1.54, 1.807) is 18.0 Å². The summed E-state index contributed by atoms with van der Waals surface area (Å²) in [7, 11) is 4.01. The number of carbonyl (C=O) groups excluding carboxylic acids is 1. The van der Waals surface area contributed by atoms with Crippen LogP contribution in [0.1, 0.15) is 48.2 Å². The Morgan fingerprint density at radius 2 is 1.82 bits per heavy atom. The number of hydrazine groups is 1. The minimum Gasteiger partial charge on any atom is -0.305 e. The summed E-state index contributed by atoms with van der Waals surface area (Å²) in [5.74, 6) is 0.350. The number of anilines is 1. The van der Waals surface area contributed by atoms with Crippen molar-refractivity contribution in [1.29, 1.82) is 5.26 Å². The third-order valence-corrected chi connectivity index (χ3v) is 3.80. The lowest BCUT2D eigenvalue weighted by molar-refractivity contribution is 0.0945. The molecule has 0 aliphatic carbocycles. The van der Waals surface area contributed by atoms with E-state index in [-0.39, 0.29) is 17.1 Å². The van der Waals surface area contributed by atoms with E-state index < -0.39 is 0 Å². The fourth-order valence-electron chi connectivity index (χ4n) is 2.71. The van der Waals surface area contributed by atoms with Gasteiger partial charge in [0.2, 0.25) is 5.82 Å². The predicted octanol–water partition coefficient (Wildman–Crippen LogP) is 2.92. The van der Waals surface area contributed by atoms with Crippen LogP contribution in [0, 0.1) is 23.7 Å². The van der Waals surface area contributed by atoms with Crippen LogP contribution in [-0.2, 0) is 6.54 Å². The Morgan fingerprint density at radius 1 is 1.18 bits per heavy atom. The Balaban J connectivity index is 2.26. The van der Waals surface area contributed by atoms with Gasteiger partial charge in [0, 0.05) is 30.4 Å². The van der Waals surface area contributed by atoms with Gasteiger partial charge in [0.15, 0.2) is 5.82 Å². The second kappa shape index (κ2) is 8.81. The number of hydrogen-bond donors (Lipinski definition) is 1. The number of aromatic nitrogens is 2. The van der Waals surface area contributed by atoms with Gasteiger partial charge in [-0.25, -0.2) is 4.98 Å². The summed E-state index contributed by atoms with van der Waals surface area (Å²) in [6.45, 7) is 9.35. The maximum Gasteiger partial charge on any atom is 0.269 e. The molecular weight excluding hydrogens is 352 g/mol. The summed E-state index contributed by atoms with van der Waals surface area (Å²) >= 11 is 0. The van der Waals surface area contributed by atoms with Gasteiger partial charge in [0.25, 0.3) is 5.91 Å². The molecule has 148 valence electrons. The van der Waals surface area contributed by atoms with E-state index in [1.807, 2.05) is 44.4 Å². The highest BCUT2D eigenvalue weighted by molar-refractivity contribution is 5.95. The highest BCUT2D eigenvalue weighted by Crippen LogP contribution is 2.20. The van der Waals surface area contributed by atoms with Gasteiger partial charge in [0.1, 0.15) is 6.07 Å². The fourth-order valence-corrected chi connectivity index (χ4v) is 2.71. The van der Waals surface area contributed by atoms with Crippen LogP contribution in [0.4, 0.5) is 5.82 Å². The van der Waals surface area contributed by atoms with Crippen LogP contribution in [0.25, 0.3) is 0 Å². The first kappa shape index (κ1) is 21.3. The summed E-state index contributed by atoms with van der Waals surface area (Å²) in [6.07, 6.45) is 0. The minimum absolute atomic E-state index is 0.0798. The van der Waals surface area contributed by atoms with Crippen molar-refractivity contribution in [3.8, 4) is 6.07 Å². The van der Waals surface area contributed by atoms with Crippen molar-refractivity contribution in [3.63, 3.8) is 0 Å². The summed E-state index contributed by atoms with van der Waals surface area (Å²) in [5.41, 5.74) is 5.20. The van der Waals surface area contributed by atoms with Crippen molar-refractivity contribution in [2.75, 3.05) is 25.6 Å². The van der Waals surface area contributed by atoms with Gasteiger partial charge in [-0.2, -0.15) is 10.2 Å². The zero-order valence-corrected chi connectivity index (χ0v) is 17.4. The molecule has 2 aromatic rings. The van der Waals surface area contributed by atoms with E-state index in [0.717, 1.165) is 12.1 Å². The number of aryl methyl sites for hydroxylation is 1. The lowest BCUT2D eigenvalue weighted by Crippen LogP contribution is -2.47. The average molecular weight is 380 g/mol. The van der Waals surface area contributed by atoms with E-state index in [4.69, 9.17) is 5.26 Å². The van der Waals surface area contributed by atoms with Gasteiger partial charge in [-0.05, 0) is 44.1 Å².